The van der Waals surface area contributed by atoms with Crippen molar-refractivity contribution in [3.8, 4) is 0 Å². The molecule has 0 aromatic heterocycles. The van der Waals surface area contributed by atoms with Crippen molar-refractivity contribution in [3.63, 3.8) is 0 Å². The number of aliphatic hydroxyl groups excluding tert-OH is 1. The lowest BCUT2D eigenvalue weighted by Gasteiger charge is -2.34. The highest BCUT2D eigenvalue weighted by Crippen LogP contribution is 2.40. The molecule has 1 saturated carbocycles. The van der Waals surface area contributed by atoms with Gasteiger partial charge in [-0.05, 0) is 37.0 Å². The van der Waals surface area contributed by atoms with Gasteiger partial charge in [0, 0.05) is 19.8 Å². The molecule has 1 heterocycles. The molecule has 2 fully saturated rings. The van der Waals surface area contributed by atoms with Gasteiger partial charge in [-0.3, -0.25) is 0 Å². The molecule has 1 aliphatic carbocycles. The third kappa shape index (κ3) is 2.94. The van der Waals surface area contributed by atoms with E-state index in [0.29, 0.717) is 6.61 Å². The predicted octanol–water partition coefficient (Wildman–Crippen LogP) is 2.60. The Labute approximate surface area is 93.0 Å². The Morgan fingerprint density at radius 1 is 1.00 bits per heavy atom. The van der Waals surface area contributed by atoms with Gasteiger partial charge >= 0.3 is 0 Å². The fourth-order valence-electron chi connectivity index (χ4n) is 3.53. The third-order valence-corrected chi connectivity index (χ3v) is 4.34. The summed E-state index contributed by atoms with van der Waals surface area (Å²) in [5.41, 5.74) is 0. The van der Waals surface area contributed by atoms with Crippen molar-refractivity contribution in [2.75, 3.05) is 19.8 Å². The Morgan fingerprint density at radius 2 is 1.60 bits per heavy atom. The van der Waals surface area contributed by atoms with Gasteiger partial charge in [0.25, 0.3) is 0 Å². The first-order valence-electron chi connectivity index (χ1n) is 6.60. The minimum Gasteiger partial charge on any atom is -0.396 e. The number of ether oxygens (including phenoxy) is 1. The maximum Gasteiger partial charge on any atom is 0.0468 e. The predicted molar refractivity (Wildman–Crippen MR) is 60.7 cm³/mol. The quantitative estimate of drug-likeness (QED) is 0.776. The van der Waals surface area contributed by atoms with Gasteiger partial charge < -0.3 is 9.84 Å². The van der Waals surface area contributed by atoms with Crippen LogP contribution in [0.1, 0.15) is 44.9 Å². The lowest BCUT2D eigenvalue weighted by atomic mass is 9.75. The van der Waals surface area contributed by atoms with Crippen LogP contribution < -0.4 is 0 Å². The molecule has 0 aromatic carbocycles. The van der Waals surface area contributed by atoms with E-state index in [1.807, 2.05) is 0 Å². The Hall–Kier alpha value is -0.0800. The minimum atomic E-state index is 0.374. The van der Waals surface area contributed by atoms with Crippen LogP contribution in [0.3, 0.4) is 0 Å². The van der Waals surface area contributed by atoms with Crippen molar-refractivity contribution in [3.05, 3.63) is 0 Å². The second kappa shape index (κ2) is 5.86. The minimum absolute atomic E-state index is 0.374. The van der Waals surface area contributed by atoms with E-state index in [-0.39, 0.29) is 0 Å². The first kappa shape index (κ1) is 11.4. The molecule has 1 atom stereocenters. The van der Waals surface area contributed by atoms with Crippen molar-refractivity contribution >= 4 is 0 Å². The van der Waals surface area contributed by atoms with E-state index in [2.05, 4.69) is 0 Å². The summed E-state index contributed by atoms with van der Waals surface area (Å²) in [7, 11) is 0. The molecule has 0 radical (unpaired) electrons. The Balaban J connectivity index is 1.90. The molecule has 0 spiro atoms. The van der Waals surface area contributed by atoms with E-state index >= 15 is 0 Å². The van der Waals surface area contributed by atoms with Crippen LogP contribution in [0.4, 0.5) is 0 Å². The monoisotopic (exact) mass is 212 g/mol. The SMILES string of the molecule is OCCC(C1CCCC1)C1CCOCC1. The van der Waals surface area contributed by atoms with E-state index in [4.69, 9.17) is 4.74 Å². The average Bonchev–Trinajstić information content (AvgIpc) is 2.80. The Bertz CT molecular complexity index is 169. The van der Waals surface area contributed by atoms with Crippen molar-refractivity contribution in [1.29, 1.82) is 0 Å². The molecule has 1 aliphatic heterocycles. The fourth-order valence-corrected chi connectivity index (χ4v) is 3.53. The highest BCUT2D eigenvalue weighted by atomic mass is 16.5. The summed E-state index contributed by atoms with van der Waals surface area (Å²) in [4.78, 5) is 0. The van der Waals surface area contributed by atoms with Gasteiger partial charge in [-0.25, -0.2) is 0 Å². The summed E-state index contributed by atoms with van der Waals surface area (Å²) >= 11 is 0. The van der Waals surface area contributed by atoms with Gasteiger partial charge in [0.15, 0.2) is 0 Å². The lowest BCUT2D eigenvalue weighted by molar-refractivity contribution is 0.0274. The van der Waals surface area contributed by atoms with Gasteiger partial charge in [0.05, 0.1) is 0 Å². The largest absolute Gasteiger partial charge is 0.396 e. The number of rotatable bonds is 4. The molecule has 0 amide bonds. The number of hydrogen-bond acceptors (Lipinski definition) is 2. The van der Waals surface area contributed by atoms with Crippen LogP contribution in [-0.2, 0) is 4.74 Å². The van der Waals surface area contributed by atoms with Crippen molar-refractivity contribution in [1.82, 2.24) is 0 Å². The summed E-state index contributed by atoms with van der Waals surface area (Å²) in [5.74, 6) is 2.51. The molecule has 1 N–H and O–H groups in total. The van der Waals surface area contributed by atoms with Crippen LogP contribution in [-0.4, -0.2) is 24.9 Å². The highest BCUT2D eigenvalue weighted by molar-refractivity contribution is 4.81. The van der Waals surface area contributed by atoms with Crippen LogP contribution in [0.5, 0.6) is 0 Å². The van der Waals surface area contributed by atoms with E-state index < -0.39 is 0 Å². The molecule has 0 aromatic rings. The molecule has 0 bridgehead atoms. The fraction of sp³-hybridized carbons (Fsp3) is 1.00. The van der Waals surface area contributed by atoms with Gasteiger partial charge in [0.1, 0.15) is 0 Å². The van der Waals surface area contributed by atoms with E-state index in [1.165, 1.54) is 38.5 Å². The molecule has 2 heteroatoms. The third-order valence-electron chi connectivity index (χ3n) is 4.34. The van der Waals surface area contributed by atoms with Crippen molar-refractivity contribution < 1.29 is 9.84 Å². The second-order valence-corrected chi connectivity index (χ2v) is 5.17. The lowest BCUT2D eigenvalue weighted by Crippen LogP contribution is -2.28. The molecule has 2 nitrogen and oxygen atoms in total. The summed E-state index contributed by atoms with van der Waals surface area (Å²) in [6, 6.07) is 0. The molecule has 1 unspecified atom stereocenters. The summed E-state index contributed by atoms with van der Waals surface area (Å²) < 4.78 is 5.43. The first-order chi connectivity index (χ1) is 7.42. The Kier molecular flexibility index (Phi) is 4.45. The molecule has 15 heavy (non-hydrogen) atoms. The van der Waals surface area contributed by atoms with Gasteiger partial charge in [-0.2, -0.15) is 0 Å². The van der Waals surface area contributed by atoms with E-state index in [9.17, 15) is 5.11 Å². The molecular formula is C13H24O2. The van der Waals surface area contributed by atoms with Crippen LogP contribution in [0.15, 0.2) is 0 Å². The topological polar surface area (TPSA) is 29.5 Å². The number of aliphatic hydroxyl groups is 1. The van der Waals surface area contributed by atoms with E-state index in [1.54, 1.807) is 0 Å². The summed E-state index contributed by atoms with van der Waals surface area (Å²) in [5, 5.41) is 9.20. The van der Waals surface area contributed by atoms with Crippen LogP contribution in [0.2, 0.25) is 0 Å². The normalized spacial score (nSPS) is 27.0. The maximum atomic E-state index is 9.20. The van der Waals surface area contributed by atoms with Crippen LogP contribution in [0.25, 0.3) is 0 Å². The maximum absolute atomic E-state index is 9.20. The standard InChI is InChI=1S/C13H24O2/c14-8-5-13(11-3-1-2-4-11)12-6-9-15-10-7-12/h11-14H,1-10H2. The average molecular weight is 212 g/mol. The summed E-state index contributed by atoms with van der Waals surface area (Å²) in [6.45, 7) is 2.26. The van der Waals surface area contributed by atoms with Gasteiger partial charge in [-0.1, -0.05) is 25.7 Å². The van der Waals surface area contributed by atoms with E-state index in [0.717, 1.165) is 37.4 Å². The number of hydrogen-bond donors (Lipinski definition) is 1. The molecule has 2 rings (SSSR count). The molecule has 88 valence electrons. The zero-order valence-corrected chi connectivity index (χ0v) is 9.66. The molecule has 1 saturated heterocycles. The first-order valence-corrected chi connectivity index (χ1v) is 6.60. The van der Waals surface area contributed by atoms with Gasteiger partial charge in [-0.15, -0.1) is 0 Å². The van der Waals surface area contributed by atoms with Crippen LogP contribution >= 0.6 is 0 Å². The van der Waals surface area contributed by atoms with Crippen molar-refractivity contribution in [2.24, 2.45) is 17.8 Å². The second-order valence-electron chi connectivity index (χ2n) is 5.17. The van der Waals surface area contributed by atoms with Crippen LogP contribution in [0, 0.1) is 17.8 Å². The Morgan fingerprint density at radius 3 is 2.20 bits per heavy atom. The summed E-state index contributed by atoms with van der Waals surface area (Å²) in [6.07, 6.45) is 9.10. The van der Waals surface area contributed by atoms with Gasteiger partial charge in [0.2, 0.25) is 0 Å². The molecular weight excluding hydrogens is 188 g/mol. The molecule has 2 aliphatic rings. The highest BCUT2D eigenvalue weighted by Gasteiger charge is 2.31. The zero-order chi connectivity index (χ0) is 10.5. The smallest absolute Gasteiger partial charge is 0.0468 e. The zero-order valence-electron chi connectivity index (χ0n) is 9.66. The van der Waals surface area contributed by atoms with Crippen molar-refractivity contribution in [2.45, 2.75) is 44.9 Å².